The van der Waals surface area contributed by atoms with Crippen LogP contribution in [-0.2, 0) is 0 Å². The highest BCUT2D eigenvalue weighted by atomic mass is 32.1. The number of amides is 1. The molecule has 1 amide bonds. The molecule has 0 aliphatic carbocycles. The highest BCUT2D eigenvalue weighted by Gasteiger charge is 2.26. The van der Waals surface area contributed by atoms with Crippen molar-refractivity contribution in [3.05, 3.63) is 34.0 Å². The SMILES string of the molecule is O=C(NC[C@@H]1CCCN1c1nccs1)c1cccs1. The van der Waals surface area contributed by atoms with E-state index in [0.717, 1.165) is 23.0 Å². The van der Waals surface area contributed by atoms with Gasteiger partial charge in [-0.2, -0.15) is 0 Å². The zero-order valence-electron chi connectivity index (χ0n) is 10.4. The van der Waals surface area contributed by atoms with Gasteiger partial charge in [0.2, 0.25) is 0 Å². The van der Waals surface area contributed by atoms with E-state index in [1.54, 1.807) is 11.3 Å². The molecule has 1 atom stereocenters. The molecule has 0 spiro atoms. The Morgan fingerprint density at radius 2 is 2.42 bits per heavy atom. The second-order valence-electron chi connectivity index (χ2n) is 4.49. The first kappa shape index (κ1) is 12.6. The van der Waals surface area contributed by atoms with E-state index < -0.39 is 0 Å². The summed E-state index contributed by atoms with van der Waals surface area (Å²) in [6.07, 6.45) is 4.11. The summed E-state index contributed by atoms with van der Waals surface area (Å²) in [7, 11) is 0. The van der Waals surface area contributed by atoms with Crippen molar-refractivity contribution in [2.24, 2.45) is 0 Å². The minimum atomic E-state index is 0.0287. The fourth-order valence-corrected chi connectivity index (χ4v) is 3.74. The van der Waals surface area contributed by atoms with Gasteiger partial charge in [-0.15, -0.1) is 22.7 Å². The molecule has 0 bridgehead atoms. The van der Waals surface area contributed by atoms with Crippen LogP contribution in [0.3, 0.4) is 0 Å². The predicted molar refractivity (Wildman–Crippen MR) is 79.1 cm³/mol. The Morgan fingerprint density at radius 1 is 1.47 bits per heavy atom. The molecule has 19 heavy (non-hydrogen) atoms. The van der Waals surface area contributed by atoms with Gasteiger partial charge < -0.3 is 10.2 Å². The molecule has 3 rings (SSSR count). The van der Waals surface area contributed by atoms with Crippen molar-refractivity contribution in [2.45, 2.75) is 18.9 Å². The lowest BCUT2D eigenvalue weighted by Gasteiger charge is -2.24. The molecule has 0 radical (unpaired) electrons. The zero-order valence-corrected chi connectivity index (χ0v) is 12.0. The molecule has 0 aromatic carbocycles. The minimum absolute atomic E-state index is 0.0287. The van der Waals surface area contributed by atoms with Gasteiger partial charge in [-0.1, -0.05) is 6.07 Å². The standard InChI is InChI=1S/C13H15N3OS2/c17-12(11-4-2-7-18-11)15-9-10-3-1-6-16(10)13-14-5-8-19-13/h2,4-5,7-8,10H,1,3,6,9H2,(H,15,17)/t10-/m0/s1. The van der Waals surface area contributed by atoms with Crippen LogP contribution in [0.5, 0.6) is 0 Å². The number of carbonyl (C=O) groups excluding carboxylic acids is 1. The van der Waals surface area contributed by atoms with Gasteiger partial charge in [0, 0.05) is 30.7 Å². The molecule has 3 heterocycles. The number of anilines is 1. The first-order valence-electron chi connectivity index (χ1n) is 6.32. The van der Waals surface area contributed by atoms with E-state index in [1.165, 1.54) is 17.8 Å². The van der Waals surface area contributed by atoms with Gasteiger partial charge in [0.15, 0.2) is 5.13 Å². The number of nitrogens with zero attached hydrogens (tertiary/aromatic N) is 2. The van der Waals surface area contributed by atoms with Gasteiger partial charge in [-0.25, -0.2) is 4.98 Å². The van der Waals surface area contributed by atoms with Crippen LogP contribution < -0.4 is 10.2 Å². The van der Waals surface area contributed by atoms with E-state index in [0.29, 0.717) is 12.6 Å². The van der Waals surface area contributed by atoms with Crippen LogP contribution in [0.15, 0.2) is 29.1 Å². The Labute approximate surface area is 120 Å². The number of rotatable bonds is 4. The molecule has 100 valence electrons. The fraction of sp³-hybridized carbons (Fsp3) is 0.385. The lowest BCUT2D eigenvalue weighted by molar-refractivity contribution is 0.0955. The number of thiophene rings is 1. The molecule has 2 aromatic heterocycles. The number of hydrogen-bond donors (Lipinski definition) is 1. The third kappa shape index (κ3) is 2.79. The van der Waals surface area contributed by atoms with E-state index in [4.69, 9.17) is 0 Å². The molecular weight excluding hydrogens is 278 g/mol. The minimum Gasteiger partial charge on any atom is -0.349 e. The molecule has 0 saturated carbocycles. The summed E-state index contributed by atoms with van der Waals surface area (Å²) < 4.78 is 0. The van der Waals surface area contributed by atoms with E-state index in [-0.39, 0.29) is 5.91 Å². The quantitative estimate of drug-likeness (QED) is 0.942. The maximum Gasteiger partial charge on any atom is 0.261 e. The van der Waals surface area contributed by atoms with Crippen LogP contribution in [0, 0.1) is 0 Å². The third-order valence-corrected chi connectivity index (χ3v) is 4.96. The highest BCUT2D eigenvalue weighted by molar-refractivity contribution is 7.13. The topological polar surface area (TPSA) is 45.2 Å². The van der Waals surface area contributed by atoms with Crippen LogP contribution in [0.2, 0.25) is 0 Å². The summed E-state index contributed by atoms with van der Waals surface area (Å²) in [4.78, 5) is 19.4. The molecule has 4 nitrogen and oxygen atoms in total. The second kappa shape index (κ2) is 5.71. The molecule has 1 saturated heterocycles. The first-order valence-corrected chi connectivity index (χ1v) is 8.08. The normalized spacial score (nSPS) is 18.7. The number of hydrogen-bond acceptors (Lipinski definition) is 5. The average molecular weight is 293 g/mol. The number of aromatic nitrogens is 1. The summed E-state index contributed by atoms with van der Waals surface area (Å²) in [5, 5.41) is 8.01. The zero-order chi connectivity index (χ0) is 13.1. The molecule has 6 heteroatoms. The Balaban J connectivity index is 1.59. The van der Waals surface area contributed by atoms with Crippen molar-refractivity contribution in [3.63, 3.8) is 0 Å². The van der Waals surface area contributed by atoms with Crippen molar-refractivity contribution in [1.82, 2.24) is 10.3 Å². The van der Waals surface area contributed by atoms with Crippen LogP contribution >= 0.6 is 22.7 Å². The Bertz CT molecular complexity index is 524. The monoisotopic (exact) mass is 293 g/mol. The van der Waals surface area contributed by atoms with Crippen LogP contribution in [-0.4, -0.2) is 30.0 Å². The molecular formula is C13H15N3OS2. The molecule has 0 unspecified atom stereocenters. The van der Waals surface area contributed by atoms with Gasteiger partial charge in [-0.3, -0.25) is 4.79 Å². The van der Waals surface area contributed by atoms with Crippen LogP contribution in [0.4, 0.5) is 5.13 Å². The first-order chi connectivity index (χ1) is 9.34. The fourth-order valence-electron chi connectivity index (χ4n) is 2.36. The number of nitrogens with one attached hydrogen (secondary N) is 1. The summed E-state index contributed by atoms with van der Waals surface area (Å²) in [6.45, 7) is 1.73. The highest BCUT2D eigenvalue weighted by Crippen LogP contribution is 2.26. The summed E-state index contributed by atoms with van der Waals surface area (Å²) in [6, 6.07) is 4.12. The second-order valence-corrected chi connectivity index (χ2v) is 6.31. The van der Waals surface area contributed by atoms with Crippen molar-refractivity contribution in [1.29, 1.82) is 0 Å². The van der Waals surface area contributed by atoms with Crippen LogP contribution in [0.25, 0.3) is 0 Å². The van der Waals surface area contributed by atoms with Gasteiger partial charge >= 0.3 is 0 Å². The molecule has 1 aliphatic rings. The molecule has 1 aliphatic heterocycles. The maximum absolute atomic E-state index is 11.9. The number of thiazole rings is 1. The third-order valence-electron chi connectivity index (χ3n) is 3.29. The van der Waals surface area contributed by atoms with E-state index >= 15 is 0 Å². The molecule has 2 aromatic rings. The predicted octanol–water partition coefficient (Wildman–Crippen LogP) is 2.60. The average Bonchev–Trinajstić information content (AvgIpc) is 3.14. The number of carbonyl (C=O) groups is 1. The van der Waals surface area contributed by atoms with E-state index in [1.807, 2.05) is 29.1 Å². The smallest absolute Gasteiger partial charge is 0.261 e. The van der Waals surface area contributed by atoms with Crippen molar-refractivity contribution < 1.29 is 4.79 Å². The Morgan fingerprint density at radius 3 is 3.16 bits per heavy atom. The molecule has 1 N–H and O–H groups in total. The van der Waals surface area contributed by atoms with Gasteiger partial charge in [-0.05, 0) is 24.3 Å². The summed E-state index contributed by atoms with van der Waals surface area (Å²) in [5.41, 5.74) is 0. The molecule has 1 fully saturated rings. The Hall–Kier alpha value is -1.40. The largest absolute Gasteiger partial charge is 0.349 e. The lowest BCUT2D eigenvalue weighted by atomic mass is 10.2. The van der Waals surface area contributed by atoms with Gasteiger partial charge in [0.25, 0.3) is 5.91 Å². The van der Waals surface area contributed by atoms with Crippen molar-refractivity contribution in [2.75, 3.05) is 18.0 Å². The summed E-state index contributed by atoms with van der Waals surface area (Å²) >= 11 is 3.14. The van der Waals surface area contributed by atoms with Gasteiger partial charge in [0.05, 0.1) is 4.88 Å². The maximum atomic E-state index is 11.9. The lowest BCUT2D eigenvalue weighted by Crippen LogP contribution is -2.40. The van der Waals surface area contributed by atoms with Gasteiger partial charge in [0.1, 0.15) is 0 Å². The summed E-state index contributed by atoms with van der Waals surface area (Å²) in [5.74, 6) is 0.0287. The van der Waals surface area contributed by atoms with Crippen molar-refractivity contribution in [3.8, 4) is 0 Å². The van der Waals surface area contributed by atoms with Crippen LogP contribution in [0.1, 0.15) is 22.5 Å². The van der Waals surface area contributed by atoms with E-state index in [2.05, 4.69) is 15.2 Å². The van der Waals surface area contributed by atoms with Crippen molar-refractivity contribution >= 4 is 33.7 Å². The van der Waals surface area contributed by atoms with E-state index in [9.17, 15) is 4.79 Å². The Kier molecular flexibility index (Phi) is 3.79.